The standard InChI is InChI=1S/C15H20F2N2O3/c1-15(2,21)13-5-4-6-19(13)14(20)18-11-7-10(17)12(22-3)8-9(11)16/h7-8,13,21H,4-6H2,1-3H3,(H,18,20). The number of nitrogens with zero attached hydrogens (tertiary/aromatic N) is 1. The molecule has 0 radical (unpaired) electrons. The van der Waals surface area contributed by atoms with E-state index in [-0.39, 0.29) is 17.5 Å². The number of rotatable bonds is 3. The van der Waals surface area contributed by atoms with E-state index >= 15 is 0 Å². The number of halogens is 2. The number of nitrogens with one attached hydrogen (secondary N) is 1. The zero-order valence-corrected chi connectivity index (χ0v) is 12.8. The predicted octanol–water partition coefficient (Wildman–Crippen LogP) is 2.74. The third-order valence-electron chi connectivity index (χ3n) is 3.81. The summed E-state index contributed by atoms with van der Waals surface area (Å²) in [4.78, 5) is 13.7. The lowest BCUT2D eigenvalue weighted by Gasteiger charge is -2.33. The van der Waals surface area contributed by atoms with Gasteiger partial charge in [0, 0.05) is 18.7 Å². The minimum atomic E-state index is -1.06. The van der Waals surface area contributed by atoms with Gasteiger partial charge in [-0.3, -0.25) is 0 Å². The number of hydrogen-bond acceptors (Lipinski definition) is 3. The van der Waals surface area contributed by atoms with Crippen molar-refractivity contribution >= 4 is 11.7 Å². The molecular weight excluding hydrogens is 294 g/mol. The molecule has 0 aromatic heterocycles. The molecule has 0 aliphatic carbocycles. The topological polar surface area (TPSA) is 61.8 Å². The molecule has 1 aliphatic rings. The third-order valence-corrected chi connectivity index (χ3v) is 3.81. The number of amides is 2. The smallest absolute Gasteiger partial charge is 0.322 e. The van der Waals surface area contributed by atoms with Gasteiger partial charge in [-0.2, -0.15) is 0 Å². The Morgan fingerprint density at radius 2 is 2.09 bits per heavy atom. The van der Waals surface area contributed by atoms with E-state index in [9.17, 15) is 18.7 Å². The van der Waals surface area contributed by atoms with Gasteiger partial charge in [0.2, 0.25) is 0 Å². The molecular formula is C15H20F2N2O3. The van der Waals surface area contributed by atoms with E-state index in [4.69, 9.17) is 0 Å². The van der Waals surface area contributed by atoms with Crippen molar-refractivity contribution in [2.24, 2.45) is 0 Å². The summed E-state index contributed by atoms with van der Waals surface area (Å²) in [6.07, 6.45) is 1.41. The third kappa shape index (κ3) is 3.30. The summed E-state index contributed by atoms with van der Waals surface area (Å²) in [7, 11) is 1.23. The van der Waals surface area contributed by atoms with Crippen molar-refractivity contribution in [3.05, 3.63) is 23.8 Å². The Labute approximate surface area is 127 Å². The van der Waals surface area contributed by atoms with Crippen molar-refractivity contribution < 1.29 is 23.4 Å². The highest BCUT2D eigenvalue weighted by atomic mass is 19.1. The highest BCUT2D eigenvalue weighted by Crippen LogP contribution is 2.29. The number of likely N-dealkylation sites (tertiary alicyclic amines) is 1. The highest BCUT2D eigenvalue weighted by molar-refractivity contribution is 5.90. The Balaban J connectivity index is 2.17. The van der Waals surface area contributed by atoms with Crippen molar-refractivity contribution in [1.29, 1.82) is 0 Å². The van der Waals surface area contributed by atoms with Gasteiger partial charge in [0.25, 0.3) is 0 Å². The molecule has 1 aliphatic heterocycles. The second kappa shape index (κ2) is 6.08. The summed E-state index contributed by atoms with van der Waals surface area (Å²) in [5.41, 5.74) is -1.32. The van der Waals surface area contributed by atoms with Crippen LogP contribution in [0.1, 0.15) is 26.7 Å². The van der Waals surface area contributed by atoms with Crippen LogP contribution < -0.4 is 10.1 Å². The van der Waals surface area contributed by atoms with Gasteiger partial charge in [0.15, 0.2) is 17.4 Å². The van der Waals surface area contributed by atoms with Crippen LogP contribution in [-0.2, 0) is 0 Å². The van der Waals surface area contributed by atoms with Crippen LogP contribution in [0.25, 0.3) is 0 Å². The molecule has 5 nitrogen and oxygen atoms in total. The first-order chi connectivity index (χ1) is 10.2. The lowest BCUT2D eigenvalue weighted by Crippen LogP contribution is -2.49. The fraction of sp³-hybridized carbons (Fsp3) is 0.533. The van der Waals surface area contributed by atoms with Crippen LogP contribution in [-0.4, -0.2) is 41.3 Å². The molecule has 1 heterocycles. The molecule has 22 heavy (non-hydrogen) atoms. The Morgan fingerprint density at radius 3 is 2.68 bits per heavy atom. The van der Waals surface area contributed by atoms with Gasteiger partial charge in [-0.15, -0.1) is 0 Å². The van der Waals surface area contributed by atoms with E-state index in [1.165, 1.54) is 12.0 Å². The average Bonchev–Trinajstić information content (AvgIpc) is 2.91. The number of benzene rings is 1. The molecule has 1 aromatic carbocycles. The fourth-order valence-electron chi connectivity index (χ4n) is 2.71. The van der Waals surface area contributed by atoms with Crippen LogP contribution >= 0.6 is 0 Å². The first-order valence-electron chi connectivity index (χ1n) is 7.07. The van der Waals surface area contributed by atoms with Crippen LogP contribution in [0, 0.1) is 11.6 Å². The number of aliphatic hydroxyl groups is 1. The van der Waals surface area contributed by atoms with Gasteiger partial charge in [0.1, 0.15) is 0 Å². The molecule has 2 amide bonds. The number of carbonyl (C=O) groups is 1. The molecule has 122 valence electrons. The summed E-state index contributed by atoms with van der Waals surface area (Å²) < 4.78 is 32.2. The average molecular weight is 314 g/mol. The van der Waals surface area contributed by atoms with E-state index in [0.29, 0.717) is 13.0 Å². The number of hydrogen-bond donors (Lipinski definition) is 2. The summed E-state index contributed by atoms with van der Waals surface area (Å²) in [5, 5.41) is 12.4. The monoisotopic (exact) mass is 314 g/mol. The Kier molecular flexibility index (Phi) is 4.55. The summed E-state index contributed by atoms with van der Waals surface area (Å²) in [5.74, 6) is -1.78. The van der Waals surface area contributed by atoms with E-state index in [1.54, 1.807) is 13.8 Å². The van der Waals surface area contributed by atoms with E-state index < -0.39 is 23.3 Å². The lowest BCUT2D eigenvalue weighted by atomic mass is 9.97. The minimum absolute atomic E-state index is 0.231. The summed E-state index contributed by atoms with van der Waals surface area (Å²) in [6, 6.07) is 0.829. The lowest BCUT2D eigenvalue weighted by molar-refractivity contribution is 0.0117. The second-order valence-electron chi connectivity index (χ2n) is 5.90. The van der Waals surface area contributed by atoms with Crippen molar-refractivity contribution in [3.63, 3.8) is 0 Å². The van der Waals surface area contributed by atoms with Gasteiger partial charge < -0.3 is 20.1 Å². The first kappa shape index (κ1) is 16.5. The van der Waals surface area contributed by atoms with Gasteiger partial charge in [-0.1, -0.05) is 0 Å². The van der Waals surface area contributed by atoms with Crippen molar-refractivity contribution in [1.82, 2.24) is 4.90 Å². The van der Waals surface area contributed by atoms with Gasteiger partial charge in [-0.25, -0.2) is 13.6 Å². The molecule has 1 unspecified atom stereocenters. The van der Waals surface area contributed by atoms with Crippen LogP contribution in [0.4, 0.5) is 19.3 Å². The maximum absolute atomic E-state index is 13.9. The van der Waals surface area contributed by atoms with E-state index in [0.717, 1.165) is 18.6 Å². The van der Waals surface area contributed by atoms with Crippen LogP contribution in [0.5, 0.6) is 5.75 Å². The first-order valence-corrected chi connectivity index (χ1v) is 7.07. The van der Waals surface area contributed by atoms with Gasteiger partial charge >= 0.3 is 6.03 Å². The molecule has 2 N–H and O–H groups in total. The van der Waals surface area contributed by atoms with Crippen LogP contribution in [0.15, 0.2) is 12.1 Å². The molecule has 0 spiro atoms. The van der Waals surface area contributed by atoms with Gasteiger partial charge in [-0.05, 0) is 26.7 Å². The molecule has 1 aromatic rings. The zero-order chi connectivity index (χ0) is 16.5. The molecule has 1 saturated heterocycles. The Morgan fingerprint density at radius 1 is 1.41 bits per heavy atom. The number of methoxy groups -OCH3 is 1. The van der Waals surface area contributed by atoms with Crippen LogP contribution in [0.3, 0.4) is 0 Å². The molecule has 1 fully saturated rings. The van der Waals surface area contributed by atoms with Crippen molar-refractivity contribution in [2.45, 2.75) is 38.3 Å². The maximum Gasteiger partial charge on any atom is 0.322 e. The minimum Gasteiger partial charge on any atom is -0.494 e. The highest BCUT2D eigenvalue weighted by Gasteiger charge is 2.38. The Hall–Kier alpha value is -1.89. The molecule has 0 saturated carbocycles. The van der Waals surface area contributed by atoms with Crippen LogP contribution in [0.2, 0.25) is 0 Å². The maximum atomic E-state index is 13.9. The normalized spacial score (nSPS) is 18.5. The fourth-order valence-corrected chi connectivity index (χ4v) is 2.71. The number of urea groups is 1. The largest absolute Gasteiger partial charge is 0.494 e. The van der Waals surface area contributed by atoms with Crippen molar-refractivity contribution in [3.8, 4) is 5.75 Å². The number of anilines is 1. The summed E-state index contributed by atoms with van der Waals surface area (Å²) in [6.45, 7) is 3.70. The molecule has 0 bridgehead atoms. The quantitative estimate of drug-likeness (QED) is 0.902. The van der Waals surface area contributed by atoms with Crippen molar-refractivity contribution in [2.75, 3.05) is 19.0 Å². The predicted molar refractivity (Wildman–Crippen MR) is 78.0 cm³/mol. The summed E-state index contributed by atoms with van der Waals surface area (Å²) >= 11 is 0. The van der Waals surface area contributed by atoms with E-state index in [2.05, 4.69) is 10.1 Å². The van der Waals surface area contributed by atoms with Gasteiger partial charge in [0.05, 0.1) is 24.4 Å². The Bertz CT molecular complexity index is 573. The molecule has 2 rings (SSSR count). The molecule has 1 atom stereocenters. The van der Waals surface area contributed by atoms with E-state index in [1.807, 2.05) is 0 Å². The molecule has 7 heteroatoms. The SMILES string of the molecule is COc1cc(F)c(NC(=O)N2CCCC2C(C)(C)O)cc1F. The number of ether oxygens (including phenoxy) is 1. The zero-order valence-electron chi connectivity index (χ0n) is 12.8. The number of carbonyl (C=O) groups excluding carboxylic acids is 1. The second-order valence-corrected chi connectivity index (χ2v) is 5.90.